The Kier molecular flexibility index (Phi) is 5.67. The maximum absolute atomic E-state index is 11.5. The molecule has 3 N–H and O–H groups in total. The molecular weight excluding hydrogens is 230 g/mol. The minimum Gasteiger partial charge on any atom is -0.348 e. The number of hydrogen-bond acceptors (Lipinski definition) is 5. The maximum atomic E-state index is 11.5. The normalized spacial score (nSPS) is 12.4. The molecule has 0 saturated heterocycles. The highest BCUT2D eigenvalue weighted by Crippen LogP contribution is 2.03. The predicted octanol–water partition coefficient (Wildman–Crippen LogP) is 0.840. The van der Waals surface area contributed by atoms with E-state index in [1.807, 2.05) is 11.6 Å². The molecular formula is C9H15N3OS2. The van der Waals surface area contributed by atoms with Gasteiger partial charge in [0, 0.05) is 11.6 Å². The van der Waals surface area contributed by atoms with E-state index in [0.29, 0.717) is 13.0 Å². The summed E-state index contributed by atoms with van der Waals surface area (Å²) in [6.07, 6.45) is 4.44. The van der Waals surface area contributed by atoms with Gasteiger partial charge in [0.05, 0.1) is 12.6 Å². The third kappa shape index (κ3) is 4.63. The van der Waals surface area contributed by atoms with E-state index in [9.17, 15) is 4.79 Å². The lowest BCUT2D eigenvalue weighted by Gasteiger charge is -2.10. The number of aromatic nitrogens is 1. The molecule has 1 amide bonds. The monoisotopic (exact) mass is 245 g/mol. The van der Waals surface area contributed by atoms with Gasteiger partial charge < -0.3 is 11.1 Å². The Balaban J connectivity index is 2.23. The lowest BCUT2D eigenvalue weighted by Crippen LogP contribution is -2.40. The number of thioether (sulfide) groups is 1. The molecule has 0 fully saturated rings. The zero-order chi connectivity index (χ0) is 11.1. The van der Waals surface area contributed by atoms with Crippen molar-refractivity contribution in [2.45, 2.75) is 19.0 Å². The minimum atomic E-state index is -0.405. The zero-order valence-electron chi connectivity index (χ0n) is 8.60. The Morgan fingerprint density at radius 2 is 2.60 bits per heavy atom. The van der Waals surface area contributed by atoms with Gasteiger partial charge in [0.1, 0.15) is 5.01 Å². The Bertz CT molecular complexity index is 290. The molecule has 0 aliphatic rings. The van der Waals surface area contributed by atoms with Crippen LogP contribution in [0.2, 0.25) is 0 Å². The third-order valence-corrected chi connectivity index (χ3v) is 3.29. The van der Waals surface area contributed by atoms with Gasteiger partial charge >= 0.3 is 0 Å². The number of carbonyl (C=O) groups excluding carboxylic acids is 1. The molecule has 4 nitrogen and oxygen atoms in total. The summed E-state index contributed by atoms with van der Waals surface area (Å²) in [5, 5.41) is 5.56. The molecule has 0 aliphatic heterocycles. The van der Waals surface area contributed by atoms with E-state index in [1.165, 1.54) is 11.3 Å². The molecule has 1 aromatic rings. The van der Waals surface area contributed by atoms with E-state index in [0.717, 1.165) is 10.8 Å². The minimum absolute atomic E-state index is 0.0979. The standard InChI is InChI=1S/C9H15N3OS2/c1-14-4-2-7(10)9(13)12-6-8-11-3-5-15-8/h3,5,7H,2,4,6,10H2,1H3,(H,12,13)/t7-/m0/s1. The van der Waals surface area contributed by atoms with Crippen molar-refractivity contribution in [2.75, 3.05) is 12.0 Å². The van der Waals surface area contributed by atoms with Crippen LogP contribution in [0.5, 0.6) is 0 Å². The van der Waals surface area contributed by atoms with Crippen LogP contribution >= 0.6 is 23.1 Å². The van der Waals surface area contributed by atoms with E-state index in [2.05, 4.69) is 10.3 Å². The summed E-state index contributed by atoms with van der Waals surface area (Å²) < 4.78 is 0. The second-order valence-corrected chi connectivity index (χ2v) is 5.00. The summed E-state index contributed by atoms with van der Waals surface area (Å²) in [4.78, 5) is 15.5. The fourth-order valence-electron chi connectivity index (χ4n) is 1.01. The molecule has 0 aliphatic carbocycles. The summed E-state index contributed by atoms with van der Waals surface area (Å²) in [5.41, 5.74) is 5.70. The number of thiazole rings is 1. The molecule has 0 aromatic carbocycles. The molecule has 0 saturated carbocycles. The van der Waals surface area contributed by atoms with Gasteiger partial charge in [0.2, 0.25) is 5.91 Å². The van der Waals surface area contributed by atoms with Crippen molar-refractivity contribution >= 4 is 29.0 Å². The highest BCUT2D eigenvalue weighted by Gasteiger charge is 2.12. The summed E-state index contributed by atoms with van der Waals surface area (Å²) >= 11 is 3.22. The van der Waals surface area contributed by atoms with Gasteiger partial charge in [-0.25, -0.2) is 4.98 Å². The molecule has 6 heteroatoms. The summed E-state index contributed by atoms with van der Waals surface area (Å²) in [6.45, 7) is 0.476. The molecule has 1 rings (SSSR count). The van der Waals surface area contributed by atoms with Crippen LogP contribution < -0.4 is 11.1 Å². The van der Waals surface area contributed by atoms with Gasteiger partial charge in [-0.1, -0.05) is 0 Å². The molecule has 0 unspecified atom stereocenters. The molecule has 0 spiro atoms. The first-order valence-corrected chi connectivity index (χ1v) is 6.92. The topological polar surface area (TPSA) is 68.0 Å². The van der Waals surface area contributed by atoms with Crippen molar-refractivity contribution in [3.8, 4) is 0 Å². The van der Waals surface area contributed by atoms with Gasteiger partial charge in [0.25, 0.3) is 0 Å². The van der Waals surface area contributed by atoms with Crippen LogP contribution in [0, 0.1) is 0 Å². The van der Waals surface area contributed by atoms with E-state index in [4.69, 9.17) is 5.73 Å². The average Bonchev–Trinajstić information content (AvgIpc) is 2.75. The molecule has 0 bridgehead atoms. The predicted molar refractivity (Wildman–Crippen MR) is 64.9 cm³/mol. The fourth-order valence-corrected chi connectivity index (χ4v) is 2.06. The van der Waals surface area contributed by atoms with Crippen molar-refractivity contribution in [1.29, 1.82) is 0 Å². The quantitative estimate of drug-likeness (QED) is 0.779. The Labute approximate surface area is 97.7 Å². The summed E-state index contributed by atoms with van der Waals surface area (Å²) in [6, 6.07) is -0.405. The average molecular weight is 245 g/mol. The number of amides is 1. The lowest BCUT2D eigenvalue weighted by molar-refractivity contribution is -0.122. The second kappa shape index (κ2) is 6.81. The van der Waals surface area contributed by atoms with Gasteiger partial charge in [0.15, 0.2) is 0 Å². The van der Waals surface area contributed by atoms with Gasteiger partial charge in [-0.15, -0.1) is 11.3 Å². The molecule has 15 heavy (non-hydrogen) atoms. The van der Waals surface area contributed by atoms with Crippen LogP contribution in [0.15, 0.2) is 11.6 Å². The number of carbonyl (C=O) groups is 1. The summed E-state index contributed by atoms with van der Waals surface area (Å²) in [5.74, 6) is 0.811. The molecule has 0 radical (unpaired) electrons. The highest BCUT2D eigenvalue weighted by atomic mass is 32.2. The van der Waals surface area contributed by atoms with Crippen molar-refractivity contribution in [3.63, 3.8) is 0 Å². The Morgan fingerprint density at radius 1 is 1.80 bits per heavy atom. The van der Waals surface area contributed by atoms with Crippen molar-refractivity contribution < 1.29 is 4.79 Å². The van der Waals surface area contributed by atoms with Crippen LogP contribution in [0.25, 0.3) is 0 Å². The van der Waals surface area contributed by atoms with Crippen LogP contribution in [-0.2, 0) is 11.3 Å². The number of nitrogens with two attached hydrogens (primary N) is 1. The van der Waals surface area contributed by atoms with E-state index in [-0.39, 0.29) is 5.91 Å². The van der Waals surface area contributed by atoms with Crippen molar-refractivity contribution in [1.82, 2.24) is 10.3 Å². The largest absolute Gasteiger partial charge is 0.348 e. The van der Waals surface area contributed by atoms with E-state index >= 15 is 0 Å². The van der Waals surface area contributed by atoms with Gasteiger partial charge in [-0.05, 0) is 18.4 Å². The Hall–Kier alpha value is -0.590. The number of nitrogens with one attached hydrogen (secondary N) is 1. The van der Waals surface area contributed by atoms with E-state index in [1.54, 1.807) is 18.0 Å². The van der Waals surface area contributed by atoms with E-state index < -0.39 is 6.04 Å². The van der Waals surface area contributed by atoms with Crippen molar-refractivity contribution in [2.24, 2.45) is 5.73 Å². The summed E-state index contributed by atoms with van der Waals surface area (Å²) in [7, 11) is 0. The highest BCUT2D eigenvalue weighted by molar-refractivity contribution is 7.98. The first kappa shape index (κ1) is 12.5. The first-order chi connectivity index (χ1) is 7.24. The van der Waals surface area contributed by atoms with Crippen LogP contribution in [0.3, 0.4) is 0 Å². The van der Waals surface area contributed by atoms with Crippen molar-refractivity contribution in [3.05, 3.63) is 16.6 Å². The van der Waals surface area contributed by atoms with Gasteiger partial charge in [-0.2, -0.15) is 11.8 Å². The number of nitrogens with zero attached hydrogens (tertiary/aromatic N) is 1. The maximum Gasteiger partial charge on any atom is 0.237 e. The fraction of sp³-hybridized carbons (Fsp3) is 0.556. The molecule has 1 heterocycles. The Morgan fingerprint density at radius 3 is 3.20 bits per heavy atom. The molecule has 1 aromatic heterocycles. The molecule has 84 valence electrons. The number of hydrogen-bond donors (Lipinski definition) is 2. The first-order valence-electron chi connectivity index (χ1n) is 4.64. The second-order valence-electron chi connectivity index (χ2n) is 3.03. The third-order valence-electron chi connectivity index (χ3n) is 1.87. The smallest absolute Gasteiger partial charge is 0.237 e. The van der Waals surface area contributed by atoms with Gasteiger partial charge in [-0.3, -0.25) is 4.79 Å². The van der Waals surface area contributed by atoms with Crippen LogP contribution in [0.1, 0.15) is 11.4 Å². The SMILES string of the molecule is CSCC[C@H](N)C(=O)NCc1nccs1. The zero-order valence-corrected chi connectivity index (χ0v) is 10.2. The molecule has 1 atom stereocenters. The number of rotatable bonds is 6. The van der Waals surface area contributed by atoms with Crippen LogP contribution in [-0.4, -0.2) is 28.9 Å². The van der Waals surface area contributed by atoms with Crippen LogP contribution in [0.4, 0.5) is 0 Å². The lowest BCUT2D eigenvalue weighted by atomic mass is 10.2.